The lowest BCUT2D eigenvalue weighted by Gasteiger charge is -2.29. The first-order valence-corrected chi connectivity index (χ1v) is 8.73. The molecule has 2 rings (SSSR count). The summed E-state index contributed by atoms with van der Waals surface area (Å²) in [4.78, 5) is 0. The van der Waals surface area contributed by atoms with Crippen LogP contribution in [-0.2, 0) is 6.54 Å². The van der Waals surface area contributed by atoms with E-state index >= 15 is 0 Å². The highest BCUT2D eigenvalue weighted by atomic mass is 79.9. The van der Waals surface area contributed by atoms with Crippen molar-refractivity contribution >= 4 is 31.9 Å². The number of hydrogen-bond donors (Lipinski definition) is 2. The molecule has 0 spiro atoms. The molecule has 112 valence electrons. The van der Waals surface area contributed by atoms with Gasteiger partial charge in [-0.25, -0.2) is 0 Å². The lowest BCUT2D eigenvalue weighted by molar-refractivity contribution is 0.00608. The van der Waals surface area contributed by atoms with Gasteiger partial charge in [-0.3, -0.25) is 0 Å². The van der Waals surface area contributed by atoms with Gasteiger partial charge in [-0.05, 0) is 75.4 Å². The van der Waals surface area contributed by atoms with E-state index in [1.165, 1.54) is 5.56 Å². The van der Waals surface area contributed by atoms with Crippen molar-refractivity contribution in [1.82, 2.24) is 5.32 Å². The second-order valence-corrected chi connectivity index (χ2v) is 6.89. The van der Waals surface area contributed by atoms with Crippen molar-refractivity contribution in [2.45, 2.75) is 51.4 Å². The summed E-state index contributed by atoms with van der Waals surface area (Å²) in [5, 5.41) is 13.3. The van der Waals surface area contributed by atoms with Crippen LogP contribution < -0.4 is 10.1 Å². The van der Waals surface area contributed by atoms with Crippen LogP contribution in [0.15, 0.2) is 21.1 Å². The van der Waals surface area contributed by atoms with Crippen LogP contribution in [0.3, 0.4) is 0 Å². The minimum Gasteiger partial charge on any atom is -0.485 e. The van der Waals surface area contributed by atoms with Gasteiger partial charge in [0.25, 0.3) is 0 Å². The summed E-state index contributed by atoms with van der Waals surface area (Å²) in [6, 6.07) is 4.13. The molecule has 2 unspecified atom stereocenters. The van der Waals surface area contributed by atoms with Crippen LogP contribution in [0.4, 0.5) is 0 Å². The molecule has 1 aliphatic carbocycles. The number of rotatable bonds is 5. The summed E-state index contributed by atoms with van der Waals surface area (Å²) in [5.74, 6) is 0.788. The van der Waals surface area contributed by atoms with Crippen LogP contribution >= 0.6 is 31.9 Å². The molecule has 20 heavy (non-hydrogen) atoms. The van der Waals surface area contributed by atoms with Crippen molar-refractivity contribution in [3.8, 4) is 5.75 Å². The highest BCUT2D eigenvalue weighted by molar-refractivity contribution is 9.11. The average molecular weight is 407 g/mol. The SMILES string of the molecule is CCNCc1cc(Br)c(OC2CCCCC2O)c(Br)c1. The molecule has 1 saturated carbocycles. The molecule has 0 saturated heterocycles. The molecule has 1 aliphatic rings. The highest BCUT2D eigenvalue weighted by Gasteiger charge is 2.26. The molecule has 0 amide bonds. The zero-order valence-electron chi connectivity index (χ0n) is 11.7. The Hall–Kier alpha value is -0.100. The fraction of sp³-hybridized carbons (Fsp3) is 0.600. The maximum atomic E-state index is 10.0. The summed E-state index contributed by atoms with van der Waals surface area (Å²) in [7, 11) is 0. The molecule has 2 atom stereocenters. The van der Waals surface area contributed by atoms with Crippen molar-refractivity contribution in [3.63, 3.8) is 0 Å². The van der Waals surface area contributed by atoms with Gasteiger partial charge in [-0.1, -0.05) is 13.3 Å². The van der Waals surface area contributed by atoms with Gasteiger partial charge in [0.05, 0.1) is 15.0 Å². The molecule has 2 N–H and O–H groups in total. The van der Waals surface area contributed by atoms with Gasteiger partial charge >= 0.3 is 0 Å². The molecule has 0 radical (unpaired) electrons. The minimum absolute atomic E-state index is 0.101. The number of halogens is 2. The standard InChI is InChI=1S/C15H21Br2NO2/c1-2-18-9-10-7-11(16)15(12(17)8-10)20-14-6-4-3-5-13(14)19/h7-8,13-14,18-19H,2-6,9H2,1H3. The van der Waals surface area contributed by atoms with Crippen LogP contribution in [0.25, 0.3) is 0 Å². The minimum atomic E-state index is -0.357. The first kappa shape index (κ1) is 16.3. The Morgan fingerprint density at radius 3 is 2.50 bits per heavy atom. The summed E-state index contributed by atoms with van der Waals surface area (Å²) in [6.07, 6.45) is 3.50. The molecule has 1 aromatic carbocycles. The van der Waals surface area contributed by atoms with E-state index in [-0.39, 0.29) is 12.2 Å². The topological polar surface area (TPSA) is 41.5 Å². The Labute approximate surface area is 137 Å². The van der Waals surface area contributed by atoms with Gasteiger partial charge < -0.3 is 15.2 Å². The van der Waals surface area contributed by atoms with Crippen LogP contribution in [0.5, 0.6) is 5.75 Å². The Bertz CT molecular complexity index is 430. The molecule has 1 fully saturated rings. The van der Waals surface area contributed by atoms with Crippen molar-refractivity contribution in [2.75, 3.05) is 6.54 Å². The zero-order valence-corrected chi connectivity index (χ0v) is 14.8. The molecule has 0 bridgehead atoms. The average Bonchev–Trinajstić information content (AvgIpc) is 2.42. The number of aliphatic hydroxyl groups excluding tert-OH is 1. The van der Waals surface area contributed by atoms with E-state index in [4.69, 9.17) is 4.74 Å². The number of aliphatic hydroxyl groups is 1. The monoisotopic (exact) mass is 405 g/mol. The summed E-state index contributed by atoms with van der Waals surface area (Å²) < 4.78 is 7.88. The number of benzene rings is 1. The molecular formula is C15H21Br2NO2. The highest BCUT2D eigenvalue weighted by Crippen LogP contribution is 2.37. The van der Waals surface area contributed by atoms with E-state index in [0.29, 0.717) is 0 Å². The molecular weight excluding hydrogens is 386 g/mol. The second-order valence-electron chi connectivity index (χ2n) is 5.18. The van der Waals surface area contributed by atoms with Gasteiger partial charge in [0.1, 0.15) is 11.9 Å². The van der Waals surface area contributed by atoms with Crippen molar-refractivity contribution < 1.29 is 9.84 Å². The molecule has 0 aromatic heterocycles. The van der Waals surface area contributed by atoms with E-state index in [1.54, 1.807) is 0 Å². The Morgan fingerprint density at radius 2 is 1.90 bits per heavy atom. The van der Waals surface area contributed by atoms with E-state index in [9.17, 15) is 5.11 Å². The lowest BCUT2D eigenvalue weighted by Crippen LogP contribution is -2.34. The first-order valence-electron chi connectivity index (χ1n) is 7.15. The van der Waals surface area contributed by atoms with Gasteiger partial charge in [-0.15, -0.1) is 0 Å². The quantitative estimate of drug-likeness (QED) is 0.776. The Kier molecular flexibility index (Phi) is 6.33. The Balaban J connectivity index is 2.11. The molecule has 5 heteroatoms. The number of nitrogens with one attached hydrogen (secondary N) is 1. The van der Waals surface area contributed by atoms with E-state index in [2.05, 4.69) is 56.2 Å². The van der Waals surface area contributed by atoms with Gasteiger partial charge in [0.2, 0.25) is 0 Å². The summed E-state index contributed by atoms with van der Waals surface area (Å²) in [5.41, 5.74) is 1.20. The fourth-order valence-corrected chi connectivity index (χ4v) is 3.93. The van der Waals surface area contributed by atoms with Crippen molar-refractivity contribution in [3.05, 3.63) is 26.6 Å². The summed E-state index contributed by atoms with van der Waals surface area (Å²) in [6.45, 7) is 3.87. The molecule has 3 nitrogen and oxygen atoms in total. The number of ether oxygens (including phenoxy) is 1. The van der Waals surface area contributed by atoms with E-state index in [1.807, 2.05) is 0 Å². The maximum absolute atomic E-state index is 10.0. The predicted molar refractivity (Wildman–Crippen MR) is 88.1 cm³/mol. The van der Waals surface area contributed by atoms with E-state index in [0.717, 1.165) is 53.5 Å². The van der Waals surface area contributed by atoms with Crippen LogP contribution in [0.2, 0.25) is 0 Å². The van der Waals surface area contributed by atoms with Crippen LogP contribution in [0.1, 0.15) is 38.2 Å². The van der Waals surface area contributed by atoms with Crippen LogP contribution in [0, 0.1) is 0 Å². The van der Waals surface area contributed by atoms with Crippen molar-refractivity contribution in [2.24, 2.45) is 0 Å². The fourth-order valence-electron chi connectivity index (χ4n) is 2.46. The normalized spacial score (nSPS) is 22.8. The van der Waals surface area contributed by atoms with Crippen molar-refractivity contribution in [1.29, 1.82) is 0 Å². The van der Waals surface area contributed by atoms with Crippen LogP contribution in [-0.4, -0.2) is 23.9 Å². The third kappa shape index (κ3) is 4.20. The molecule has 1 aromatic rings. The van der Waals surface area contributed by atoms with Gasteiger partial charge in [0, 0.05) is 6.54 Å². The van der Waals surface area contributed by atoms with Gasteiger partial charge in [0.15, 0.2) is 0 Å². The zero-order chi connectivity index (χ0) is 14.5. The maximum Gasteiger partial charge on any atom is 0.148 e. The molecule has 0 aliphatic heterocycles. The number of hydrogen-bond acceptors (Lipinski definition) is 3. The van der Waals surface area contributed by atoms with Gasteiger partial charge in [-0.2, -0.15) is 0 Å². The Morgan fingerprint density at radius 1 is 1.25 bits per heavy atom. The molecule has 0 heterocycles. The third-order valence-corrected chi connectivity index (χ3v) is 4.75. The predicted octanol–water partition coefficient (Wildman–Crippen LogP) is 4.00. The van der Waals surface area contributed by atoms with E-state index < -0.39 is 0 Å². The second kappa shape index (κ2) is 7.78. The third-order valence-electron chi connectivity index (χ3n) is 3.57. The lowest BCUT2D eigenvalue weighted by atomic mass is 9.95. The smallest absolute Gasteiger partial charge is 0.148 e. The summed E-state index contributed by atoms with van der Waals surface area (Å²) >= 11 is 7.14. The largest absolute Gasteiger partial charge is 0.485 e. The first-order chi connectivity index (χ1) is 9.61.